The number of anilines is 6. The summed E-state index contributed by atoms with van der Waals surface area (Å²) in [5.41, 5.74) is 3.48. The maximum atomic E-state index is 13.8. The van der Waals surface area contributed by atoms with Gasteiger partial charge in [-0.2, -0.15) is 0 Å². The number of likely N-dealkylation sites (N-methyl/N-ethyl adjacent to an activating group) is 1. The molecule has 46 heavy (non-hydrogen) atoms. The number of alkyl halides is 1. The van der Waals surface area contributed by atoms with Crippen molar-refractivity contribution < 1.29 is 19.1 Å². The van der Waals surface area contributed by atoms with Crippen LogP contribution < -0.4 is 26.2 Å². The Bertz CT molecular complexity index is 1690. The summed E-state index contributed by atoms with van der Waals surface area (Å²) >= 11 is 1.16. The molecule has 2 aromatic heterocycles. The molecule has 0 atom stereocenters. The van der Waals surface area contributed by atoms with Gasteiger partial charge in [-0.25, -0.2) is 19.3 Å². The number of aromatic nitrogens is 3. The predicted octanol–water partition coefficient (Wildman–Crippen LogP) is 4.81. The van der Waals surface area contributed by atoms with Gasteiger partial charge in [0.2, 0.25) is 0 Å². The molecule has 12 nitrogen and oxygen atoms in total. The van der Waals surface area contributed by atoms with E-state index in [1.54, 1.807) is 49.4 Å². The number of halogens is 1. The molecule has 1 aliphatic heterocycles. The van der Waals surface area contributed by atoms with Crippen molar-refractivity contribution in [2.45, 2.75) is 27.4 Å². The number of carbonyl (C=O) groups is 2. The van der Waals surface area contributed by atoms with Crippen molar-refractivity contribution in [2.24, 2.45) is 0 Å². The Kier molecular flexibility index (Phi) is 10.7. The van der Waals surface area contributed by atoms with E-state index in [0.29, 0.717) is 56.5 Å². The molecule has 5 N–H and O–H groups in total. The van der Waals surface area contributed by atoms with Crippen LogP contribution in [0.15, 0.2) is 48.7 Å². The number of aryl methyl sites for hydroxylation is 2. The number of carbonyl (C=O) groups excluding carboxylic acids is 2. The zero-order chi connectivity index (χ0) is 32.6. The van der Waals surface area contributed by atoms with Crippen molar-refractivity contribution >= 4 is 57.0 Å². The summed E-state index contributed by atoms with van der Waals surface area (Å²) in [5, 5.41) is 21.4. The van der Waals surface area contributed by atoms with Gasteiger partial charge in [0.15, 0.2) is 5.13 Å². The summed E-state index contributed by atoms with van der Waals surface area (Å²) in [5.74, 6) is 0.865. The largest absolute Gasteiger partial charge is 0.395 e. The molecule has 0 spiro atoms. The van der Waals surface area contributed by atoms with E-state index in [-0.39, 0.29) is 18.4 Å². The summed E-state index contributed by atoms with van der Waals surface area (Å²) in [6.45, 7) is 9.85. The smallest absolute Gasteiger partial charge is 0.267 e. The van der Waals surface area contributed by atoms with Crippen LogP contribution in [-0.2, 0) is 6.67 Å². The molecule has 2 aromatic carbocycles. The Morgan fingerprint density at radius 2 is 1.76 bits per heavy atom. The Labute approximate surface area is 271 Å². The van der Waals surface area contributed by atoms with E-state index in [4.69, 9.17) is 5.11 Å². The molecule has 0 aliphatic carbocycles. The van der Waals surface area contributed by atoms with Gasteiger partial charge in [-0.1, -0.05) is 24.3 Å². The van der Waals surface area contributed by atoms with Crippen LogP contribution in [0.5, 0.6) is 0 Å². The second-order valence-corrected chi connectivity index (χ2v) is 11.9. The summed E-state index contributed by atoms with van der Waals surface area (Å²) in [6.07, 6.45) is 1.47. The van der Waals surface area contributed by atoms with Crippen molar-refractivity contribution in [3.05, 3.63) is 76.1 Å². The number of nitrogens with one attached hydrogen (secondary N) is 4. The summed E-state index contributed by atoms with van der Waals surface area (Å²) in [4.78, 5) is 44.3. The van der Waals surface area contributed by atoms with Gasteiger partial charge in [0.25, 0.3) is 11.8 Å². The average Bonchev–Trinajstić information content (AvgIpc) is 3.53. The van der Waals surface area contributed by atoms with Gasteiger partial charge < -0.3 is 36.2 Å². The highest BCUT2D eigenvalue weighted by Crippen LogP contribution is 2.27. The minimum atomic E-state index is -0.667. The molecular weight excluding hydrogens is 609 g/mol. The second-order valence-electron chi connectivity index (χ2n) is 10.9. The Morgan fingerprint density at radius 1 is 0.978 bits per heavy atom. The summed E-state index contributed by atoms with van der Waals surface area (Å²) in [6, 6.07) is 12.1. The first kappa shape index (κ1) is 32.7. The van der Waals surface area contributed by atoms with Crippen molar-refractivity contribution in [2.75, 3.05) is 72.0 Å². The third-order valence-corrected chi connectivity index (χ3v) is 8.45. The van der Waals surface area contributed by atoms with Gasteiger partial charge in [-0.15, -0.1) is 0 Å². The summed E-state index contributed by atoms with van der Waals surface area (Å²) in [7, 11) is 0. The lowest BCUT2D eigenvalue weighted by Crippen LogP contribution is -2.46. The Balaban J connectivity index is 1.25. The first-order valence-corrected chi connectivity index (χ1v) is 15.9. The third-order valence-electron chi connectivity index (χ3n) is 7.54. The molecule has 3 heterocycles. The van der Waals surface area contributed by atoms with E-state index in [2.05, 4.69) is 52.9 Å². The fourth-order valence-electron chi connectivity index (χ4n) is 5.06. The van der Waals surface area contributed by atoms with Crippen LogP contribution in [0.25, 0.3) is 0 Å². The average molecular weight is 648 g/mol. The predicted molar refractivity (Wildman–Crippen MR) is 180 cm³/mol. The molecule has 1 aliphatic rings. The lowest BCUT2D eigenvalue weighted by molar-refractivity contribution is 0.102. The number of nitrogens with zero attached hydrogens (tertiary/aromatic N) is 5. The number of benzene rings is 2. The first-order chi connectivity index (χ1) is 22.2. The van der Waals surface area contributed by atoms with E-state index in [1.165, 1.54) is 6.20 Å². The number of thiazole rings is 1. The molecule has 2 amide bonds. The van der Waals surface area contributed by atoms with Crippen LogP contribution in [0.3, 0.4) is 0 Å². The molecule has 0 unspecified atom stereocenters. The van der Waals surface area contributed by atoms with E-state index < -0.39 is 6.67 Å². The fourth-order valence-corrected chi connectivity index (χ4v) is 5.78. The lowest BCUT2D eigenvalue weighted by Gasteiger charge is -2.35. The van der Waals surface area contributed by atoms with Crippen molar-refractivity contribution in [1.29, 1.82) is 0 Å². The molecular formula is C32H38FN9O3S. The minimum Gasteiger partial charge on any atom is -0.395 e. The first-order valence-electron chi connectivity index (χ1n) is 15.1. The van der Waals surface area contributed by atoms with E-state index in [1.807, 2.05) is 6.92 Å². The van der Waals surface area contributed by atoms with Crippen LogP contribution in [0.4, 0.5) is 38.2 Å². The van der Waals surface area contributed by atoms with Gasteiger partial charge in [0, 0.05) is 61.4 Å². The highest BCUT2D eigenvalue weighted by atomic mass is 32.1. The van der Waals surface area contributed by atoms with Gasteiger partial charge in [-0.3, -0.25) is 9.59 Å². The zero-order valence-electron chi connectivity index (χ0n) is 26.1. The monoisotopic (exact) mass is 647 g/mol. The molecule has 0 bridgehead atoms. The lowest BCUT2D eigenvalue weighted by atomic mass is 10.1. The number of aliphatic hydroxyl groups excluding tert-OH is 1. The molecule has 242 valence electrons. The van der Waals surface area contributed by atoms with E-state index >= 15 is 0 Å². The van der Waals surface area contributed by atoms with Crippen LogP contribution in [0.1, 0.15) is 43.9 Å². The van der Waals surface area contributed by atoms with Gasteiger partial charge >= 0.3 is 0 Å². The second kappa shape index (κ2) is 15.1. The molecule has 14 heteroatoms. The quantitative estimate of drug-likeness (QED) is 0.145. The van der Waals surface area contributed by atoms with Crippen molar-refractivity contribution in [3.8, 4) is 0 Å². The van der Waals surface area contributed by atoms with Gasteiger partial charge in [0.1, 0.15) is 29.0 Å². The van der Waals surface area contributed by atoms with Crippen LogP contribution >= 0.6 is 11.3 Å². The molecule has 0 saturated carbocycles. The standard InChI is InChI=1S/C32H38FN9O3S/c1-4-41-8-10-42(11-9-41)25-14-22(18-33)13-23(15-25)30(44)38-24-6-5-20(2)26(16-24)39-31(45)27-19-35-32(46-27)40-29-17-28(34-7-12-43)36-21(3)37-29/h5-6,13-17,19,43H,4,7-12,18H2,1-3H3,(H,38,44)(H,39,45)(H2,34,35,36,37,40). The van der Waals surface area contributed by atoms with Crippen LogP contribution in [0.2, 0.25) is 0 Å². The zero-order valence-corrected chi connectivity index (χ0v) is 26.9. The van der Waals surface area contributed by atoms with Gasteiger partial charge in [-0.05, 0) is 61.9 Å². The molecule has 1 fully saturated rings. The number of rotatable bonds is 12. The topological polar surface area (TPSA) is 148 Å². The summed E-state index contributed by atoms with van der Waals surface area (Å²) < 4.78 is 13.8. The van der Waals surface area contributed by atoms with Crippen molar-refractivity contribution in [3.63, 3.8) is 0 Å². The number of hydrogen-bond donors (Lipinski definition) is 5. The molecule has 5 rings (SSSR count). The minimum absolute atomic E-state index is 0.0298. The highest BCUT2D eigenvalue weighted by Gasteiger charge is 2.19. The van der Waals surface area contributed by atoms with Gasteiger partial charge in [0.05, 0.1) is 12.8 Å². The van der Waals surface area contributed by atoms with Crippen LogP contribution in [0, 0.1) is 13.8 Å². The number of amides is 2. The SMILES string of the molecule is CCN1CCN(c2cc(CF)cc(C(=O)Nc3ccc(C)c(NC(=O)c4cnc(Nc5cc(NCCO)nc(C)n5)s4)c3)c2)CC1. The maximum absolute atomic E-state index is 13.8. The van der Waals surface area contributed by atoms with E-state index in [0.717, 1.165) is 55.3 Å². The number of aliphatic hydroxyl groups is 1. The molecule has 1 saturated heterocycles. The molecule has 0 radical (unpaired) electrons. The van der Waals surface area contributed by atoms with Crippen molar-refractivity contribution in [1.82, 2.24) is 19.9 Å². The fraction of sp³-hybridized carbons (Fsp3) is 0.344. The highest BCUT2D eigenvalue weighted by molar-refractivity contribution is 7.17. The van der Waals surface area contributed by atoms with Crippen LogP contribution in [-0.4, -0.2) is 82.6 Å². The Hall–Kier alpha value is -4.66. The third kappa shape index (κ3) is 8.33. The Morgan fingerprint density at radius 3 is 2.50 bits per heavy atom. The molecule has 4 aromatic rings. The maximum Gasteiger partial charge on any atom is 0.267 e. The van der Waals surface area contributed by atoms with E-state index in [9.17, 15) is 14.0 Å². The number of piperazine rings is 1. The normalized spacial score (nSPS) is 13.4. The number of hydrogen-bond acceptors (Lipinski definition) is 11.